The molecule has 154 valence electrons. The Balaban J connectivity index is 1.56. The first-order valence-electron chi connectivity index (χ1n) is 9.53. The van der Waals surface area contributed by atoms with Crippen LogP contribution in [0, 0.1) is 5.82 Å². The van der Waals surface area contributed by atoms with Gasteiger partial charge in [0.15, 0.2) is 5.17 Å². The molecule has 3 aromatic rings. The number of thioether (sulfide) groups is 1. The van der Waals surface area contributed by atoms with E-state index in [4.69, 9.17) is 0 Å². The minimum atomic E-state index is -0.399. The van der Waals surface area contributed by atoms with Gasteiger partial charge in [-0.1, -0.05) is 60.3 Å². The average molecular weight is 431 g/mol. The monoisotopic (exact) mass is 431 g/mol. The van der Waals surface area contributed by atoms with Crippen LogP contribution in [0.1, 0.15) is 5.56 Å². The number of anilines is 2. The van der Waals surface area contributed by atoms with Gasteiger partial charge in [0.1, 0.15) is 11.5 Å². The van der Waals surface area contributed by atoms with Crippen molar-refractivity contribution in [1.29, 1.82) is 0 Å². The number of aliphatic imine (C=N–C) groups is 1. The summed E-state index contributed by atoms with van der Waals surface area (Å²) in [5.74, 6) is -0.881. The summed E-state index contributed by atoms with van der Waals surface area (Å²) in [6.45, 7) is 0. The van der Waals surface area contributed by atoms with E-state index in [0.29, 0.717) is 16.5 Å². The fourth-order valence-corrected chi connectivity index (χ4v) is 3.78. The molecule has 2 amide bonds. The Morgan fingerprint density at radius 3 is 2.29 bits per heavy atom. The second-order valence-electron chi connectivity index (χ2n) is 6.65. The zero-order chi connectivity index (χ0) is 21.6. The lowest BCUT2D eigenvalue weighted by molar-refractivity contribution is -0.114. The summed E-state index contributed by atoms with van der Waals surface area (Å²) in [6, 6.07) is 24.1. The molecule has 1 aliphatic heterocycles. The number of hydrogen-bond donors (Lipinski definition) is 1. The molecule has 0 saturated carbocycles. The number of amides is 2. The second-order valence-corrected chi connectivity index (χ2v) is 7.60. The Bertz CT molecular complexity index is 1150. The van der Waals surface area contributed by atoms with Crippen LogP contribution in [0.5, 0.6) is 0 Å². The number of carbonyl (C=O) groups excluding carboxylic acids is 2. The normalized spacial score (nSPS) is 14.6. The third-order valence-corrected chi connectivity index (χ3v) is 5.35. The molecular weight excluding hydrogens is 413 g/mol. The summed E-state index contributed by atoms with van der Waals surface area (Å²) in [5, 5.41) is 3.17. The smallest absolute Gasteiger partial charge is 0.283 e. The Hall–Kier alpha value is -3.71. The van der Waals surface area contributed by atoms with Gasteiger partial charge in [0.2, 0.25) is 5.91 Å². The van der Waals surface area contributed by atoms with E-state index in [1.54, 1.807) is 18.2 Å². The minimum absolute atomic E-state index is 0.0668. The molecule has 7 heteroatoms. The predicted octanol–water partition coefficient (Wildman–Crippen LogP) is 4.94. The summed E-state index contributed by atoms with van der Waals surface area (Å²) in [7, 11) is 0. The van der Waals surface area contributed by atoms with Gasteiger partial charge in [-0.2, -0.15) is 0 Å². The number of halogens is 1. The van der Waals surface area contributed by atoms with Gasteiger partial charge in [0.25, 0.3) is 5.91 Å². The first-order chi connectivity index (χ1) is 15.1. The summed E-state index contributed by atoms with van der Waals surface area (Å²) >= 11 is 1.15. The van der Waals surface area contributed by atoms with Gasteiger partial charge in [-0.3, -0.25) is 14.5 Å². The van der Waals surface area contributed by atoms with Crippen molar-refractivity contribution in [2.45, 2.75) is 0 Å². The molecule has 31 heavy (non-hydrogen) atoms. The van der Waals surface area contributed by atoms with Gasteiger partial charge in [0.05, 0.1) is 11.4 Å². The van der Waals surface area contributed by atoms with E-state index in [2.05, 4.69) is 10.3 Å². The zero-order valence-corrected chi connectivity index (χ0v) is 17.2. The molecule has 0 atom stereocenters. The van der Waals surface area contributed by atoms with E-state index in [0.717, 1.165) is 17.3 Å². The fourth-order valence-electron chi connectivity index (χ4n) is 2.97. The summed E-state index contributed by atoms with van der Waals surface area (Å²) in [6.07, 6.45) is 1.69. The topological polar surface area (TPSA) is 61.8 Å². The standard InChI is InChI=1S/C24H18FN3O2S/c25-18-11-13-20(14-12-18)28-23(30)21(15-17-7-3-1-4-8-17)27-24(28)31-16-22(29)26-19-9-5-2-6-10-19/h1-15H,16H2,(H,26,29). The zero-order valence-electron chi connectivity index (χ0n) is 16.4. The van der Waals surface area contributed by atoms with Crippen molar-refractivity contribution >= 4 is 46.2 Å². The highest BCUT2D eigenvalue weighted by molar-refractivity contribution is 8.14. The molecule has 1 aliphatic rings. The quantitative estimate of drug-likeness (QED) is 0.582. The lowest BCUT2D eigenvalue weighted by Crippen LogP contribution is -2.31. The first-order valence-corrected chi connectivity index (χ1v) is 10.5. The molecule has 1 heterocycles. The number of para-hydroxylation sites is 1. The van der Waals surface area contributed by atoms with Crippen LogP contribution in [0.25, 0.3) is 6.08 Å². The van der Waals surface area contributed by atoms with Crippen LogP contribution >= 0.6 is 11.8 Å². The summed E-state index contributed by atoms with van der Waals surface area (Å²) in [5.41, 5.74) is 2.26. The van der Waals surface area contributed by atoms with Crippen LogP contribution < -0.4 is 10.2 Å². The lowest BCUT2D eigenvalue weighted by Gasteiger charge is -2.17. The molecule has 5 nitrogen and oxygen atoms in total. The first kappa shape index (κ1) is 20.6. The molecule has 0 spiro atoms. The molecule has 0 aliphatic carbocycles. The minimum Gasteiger partial charge on any atom is -0.325 e. The van der Waals surface area contributed by atoms with Gasteiger partial charge >= 0.3 is 0 Å². The van der Waals surface area contributed by atoms with Crippen molar-refractivity contribution in [3.8, 4) is 0 Å². The Labute approximate surface area is 183 Å². The van der Waals surface area contributed by atoms with Crippen molar-refractivity contribution in [3.63, 3.8) is 0 Å². The highest BCUT2D eigenvalue weighted by atomic mass is 32.2. The number of amidine groups is 1. The molecular formula is C24H18FN3O2S. The average Bonchev–Trinajstić information content (AvgIpc) is 3.09. The molecule has 4 rings (SSSR count). The SMILES string of the molecule is O=C(CSC1=NC(=Cc2ccccc2)C(=O)N1c1ccc(F)cc1)Nc1ccccc1. The summed E-state index contributed by atoms with van der Waals surface area (Å²) < 4.78 is 13.4. The van der Waals surface area contributed by atoms with E-state index >= 15 is 0 Å². The van der Waals surface area contributed by atoms with Crippen LogP contribution in [-0.4, -0.2) is 22.7 Å². The molecule has 0 radical (unpaired) electrons. The maximum atomic E-state index is 13.4. The van der Waals surface area contributed by atoms with E-state index in [1.807, 2.05) is 48.5 Å². The molecule has 1 N–H and O–H groups in total. The van der Waals surface area contributed by atoms with Crippen molar-refractivity contribution < 1.29 is 14.0 Å². The highest BCUT2D eigenvalue weighted by Gasteiger charge is 2.32. The Morgan fingerprint density at radius 1 is 0.968 bits per heavy atom. The van der Waals surface area contributed by atoms with Gasteiger partial charge in [-0.25, -0.2) is 9.38 Å². The maximum Gasteiger partial charge on any atom is 0.283 e. The number of nitrogens with zero attached hydrogens (tertiary/aromatic N) is 2. The van der Waals surface area contributed by atoms with Gasteiger partial charge in [-0.15, -0.1) is 0 Å². The number of benzene rings is 3. The Morgan fingerprint density at radius 2 is 1.61 bits per heavy atom. The van der Waals surface area contributed by atoms with Gasteiger partial charge < -0.3 is 5.32 Å². The van der Waals surface area contributed by atoms with Crippen molar-refractivity contribution in [2.75, 3.05) is 16.0 Å². The van der Waals surface area contributed by atoms with Crippen molar-refractivity contribution in [2.24, 2.45) is 4.99 Å². The maximum absolute atomic E-state index is 13.4. The van der Waals surface area contributed by atoms with Crippen LogP contribution in [0.15, 0.2) is 95.6 Å². The third kappa shape index (κ3) is 5.07. The molecule has 0 unspecified atom stereocenters. The number of carbonyl (C=O) groups is 2. The van der Waals surface area contributed by atoms with Crippen LogP contribution in [0.4, 0.5) is 15.8 Å². The third-order valence-electron chi connectivity index (χ3n) is 4.41. The van der Waals surface area contributed by atoms with Gasteiger partial charge in [-0.05, 0) is 48.0 Å². The number of rotatable bonds is 5. The van der Waals surface area contributed by atoms with E-state index in [-0.39, 0.29) is 23.3 Å². The van der Waals surface area contributed by atoms with E-state index in [9.17, 15) is 14.0 Å². The van der Waals surface area contributed by atoms with E-state index in [1.165, 1.54) is 29.2 Å². The largest absolute Gasteiger partial charge is 0.325 e. The molecule has 3 aromatic carbocycles. The van der Waals surface area contributed by atoms with Crippen molar-refractivity contribution in [1.82, 2.24) is 0 Å². The molecule has 0 saturated heterocycles. The predicted molar refractivity (Wildman–Crippen MR) is 123 cm³/mol. The fraction of sp³-hybridized carbons (Fsp3) is 0.0417. The molecule has 0 fully saturated rings. The van der Waals surface area contributed by atoms with E-state index < -0.39 is 5.82 Å². The van der Waals surface area contributed by atoms with Crippen LogP contribution in [0.2, 0.25) is 0 Å². The summed E-state index contributed by atoms with van der Waals surface area (Å²) in [4.78, 5) is 31.3. The molecule has 0 aromatic heterocycles. The second kappa shape index (κ2) is 9.40. The lowest BCUT2D eigenvalue weighted by atomic mass is 10.2. The highest BCUT2D eigenvalue weighted by Crippen LogP contribution is 2.29. The van der Waals surface area contributed by atoms with Crippen LogP contribution in [-0.2, 0) is 9.59 Å². The number of nitrogens with one attached hydrogen (secondary N) is 1. The molecule has 0 bridgehead atoms. The Kier molecular flexibility index (Phi) is 6.24. The number of hydrogen-bond acceptors (Lipinski definition) is 4. The van der Waals surface area contributed by atoms with Crippen LogP contribution in [0.3, 0.4) is 0 Å². The van der Waals surface area contributed by atoms with Gasteiger partial charge in [0, 0.05) is 5.69 Å². The van der Waals surface area contributed by atoms with Crippen molar-refractivity contribution in [3.05, 3.63) is 102 Å².